The topological polar surface area (TPSA) is 45.3 Å². The number of nitrogens with zero attached hydrogens (tertiary/aromatic N) is 1. The van der Waals surface area contributed by atoms with E-state index < -0.39 is 0 Å². The van der Waals surface area contributed by atoms with Crippen molar-refractivity contribution in [2.24, 2.45) is 16.7 Å². The number of hydrogen-bond acceptors (Lipinski definition) is 3. The lowest BCUT2D eigenvalue weighted by Crippen LogP contribution is -2.59. The van der Waals surface area contributed by atoms with Gasteiger partial charge in [-0.15, -0.1) is 0 Å². The van der Waals surface area contributed by atoms with Crippen LogP contribution in [0.25, 0.3) is 10.9 Å². The number of fused-ring (bicyclic) bond motifs is 8. The van der Waals surface area contributed by atoms with Crippen LogP contribution in [0.1, 0.15) is 61.9 Å². The maximum absolute atomic E-state index is 14.4. The van der Waals surface area contributed by atoms with Crippen LogP contribution in [0.3, 0.4) is 0 Å². The Morgan fingerprint density at radius 1 is 1.03 bits per heavy atom. The molecule has 2 aliphatic heterocycles. The molecule has 0 spiro atoms. The van der Waals surface area contributed by atoms with E-state index in [4.69, 9.17) is 4.74 Å². The fourth-order valence-corrected chi connectivity index (χ4v) is 9.88. The van der Waals surface area contributed by atoms with Crippen LogP contribution >= 0.6 is 0 Å². The van der Waals surface area contributed by atoms with Crippen molar-refractivity contribution >= 4 is 16.7 Å². The number of ketones is 1. The Bertz CT molecular complexity index is 1440. The number of piperidine rings is 1. The first-order chi connectivity index (χ1) is 17.5. The summed E-state index contributed by atoms with van der Waals surface area (Å²) in [7, 11) is 1.72. The van der Waals surface area contributed by atoms with Crippen molar-refractivity contribution in [2.45, 2.75) is 62.9 Å². The molecule has 6 atom stereocenters. The molecule has 2 aromatic carbocycles. The van der Waals surface area contributed by atoms with Crippen LogP contribution in [-0.4, -0.2) is 35.4 Å². The Hall–Kier alpha value is -2.85. The smallest absolute Gasteiger partial charge is 0.140 e. The number of allylic oxidation sites excluding steroid dienone is 1. The molecule has 0 unspecified atom stereocenters. The summed E-state index contributed by atoms with van der Waals surface area (Å²) in [4.78, 5) is 21.0. The molecule has 0 amide bonds. The summed E-state index contributed by atoms with van der Waals surface area (Å²) >= 11 is 0. The zero-order chi connectivity index (χ0) is 24.3. The van der Waals surface area contributed by atoms with Crippen molar-refractivity contribution in [1.82, 2.24) is 9.88 Å². The average molecular weight is 479 g/mol. The van der Waals surface area contributed by atoms with Crippen LogP contribution in [0.2, 0.25) is 0 Å². The third kappa shape index (κ3) is 2.21. The first-order valence-electron chi connectivity index (χ1n) is 13.8. The number of benzene rings is 2. The van der Waals surface area contributed by atoms with Gasteiger partial charge in [0, 0.05) is 52.4 Å². The van der Waals surface area contributed by atoms with E-state index in [9.17, 15) is 4.79 Å². The molecule has 2 bridgehead atoms. The number of nitrogens with one attached hydrogen (secondary N) is 1. The van der Waals surface area contributed by atoms with Gasteiger partial charge in [-0.2, -0.15) is 0 Å². The standard InChI is InChI=1S/C32H34N2O2/c1-30-14-5-6-15-31(30)16-17-32(30,20-9-11-21(36-2)12-10-20)27-26(35)19-25-28-23(13-18-34(25)29(27)31)22-7-3-4-8-24(22)33-28/h3-4,7-12,16-17,25,27,29,33H,5-6,13-15,18-19H2,1-2H3/t25-,27+,29-,30-,31-,32-/m0/s1. The van der Waals surface area contributed by atoms with Crippen LogP contribution in [0.5, 0.6) is 5.75 Å². The summed E-state index contributed by atoms with van der Waals surface area (Å²) in [6.45, 7) is 3.56. The van der Waals surface area contributed by atoms with E-state index >= 15 is 0 Å². The van der Waals surface area contributed by atoms with Crippen molar-refractivity contribution in [1.29, 1.82) is 0 Å². The van der Waals surface area contributed by atoms with Gasteiger partial charge < -0.3 is 9.72 Å². The number of rotatable bonds is 2. The lowest BCUT2D eigenvalue weighted by molar-refractivity contribution is -0.135. The van der Waals surface area contributed by atoms with Crippen molar-refractivity contribution < 1.29 is 9.53 Å². The second kappa shape index (κ2) is 6.92. The number of aromatic amines is 1. The highest BCUT2D eigenvalue weighted by molar-refractivity contribution is 5.90. The minimum Gasteiger partial charge on any atom is -0.497 e. The maximum Gasteiger partial charge on any atom is 0.140 e. The second-order valence-corrected chi connectivity index (χ2v) is 12.2. The van der Waals surface area contributed by atoms with Crippen LogP contribution < -0.4 is 4.74 Å². The Balaban J connectivity index is 1.32. The van der Waals surface area contributed by atoms with Gasteiger partial charge in [0.2, 0.25) is 0 Å². The molecule has 5 aliphatic rings. The van der Waals surface area contributed by atoms with E-state index in [0.717, 1.165) is 18.7 Å². The van der Waals surface area contributed by atoms with Gasteiger partial charge in [0.1, 0.15) is 11.5 Å². The molecule has 0 radical (unpaired) electrons. The number of carbonyl (C=O) groups is 1. The zero-order valence-corrected chi connectivity index (χ0v) is 21.2. The van der Waals surface area contributed by atoms with Gasteiger partial charge in [-0.25, -0.2) is 0 Å². The van der Waals surface area contributed by atoms with Gasteiger partial charge in [-0.1, -0.05) is 62.2 Å². The third-order valence-electron chi connectivity index (χ3n) is 11.3. The number of H-pyrrole nitrogens is 1. The molecule has 3 aliphatic carbocycles. The molecule has 8 rings (SSSR count). The Morgan fingerprint density at radius 3 is 2.67 bits per heavy atom. The lowest BCUT2D eigenvalue weighted by atomic mass is 9.53. The van der Waals surface area contributed by atoms with E-state index in [2.05, 4.69) is 77.5 Å². The summed E-state index contributed by atoms with van der Waals surface area (Å²) in [5.74, 6) is 1.35. The van der Waals surface area contributed by atoms with E-state index in [1.54, 1.807) is 7.11 Å². The number of ether oxygens (including phenoxy) is 1. The van der Waals surface area contributed by atoms with Gasteiger partial charge in [-0.3, -0.25) is 9.69 Å². The fourth-order valence-electron chi connectivity index (χ4n) is 9.88. The molecule has 3 fully saturated rings. The van der Waals surface area contributed by atoms with Gasteiger partial charge in [0.05, 0.1) is 13.2 Å². The molecule has 1 aromatic heterocycles. The third-order valence-corrected chi connectivity index (χ3v) is 11.3. The predicted molar refractivity (Wildman–Crippen MR) is 141 cm³/mol. The van der Waals surface area contributed by atoms with E-state index in [1.807, 2.05) is 0 Å². The highest BCUT2D eigenvalue weighted by Gasteiger charge is 2.79. The van der Waals surface area contributed by atoms with E-state index in [1.165, 1.54) is 53.4 Å². The molecule has 184 valence electrons. The number of Topliss-reactive ketones (excluding diaryl/α,β-unsaturated/α-hetero) is 1. The molecule has 4 nitrogen and oxygen atoms in total. The van der Waals surface area contributed by atoms with E-state index in [-0.39, 0.29) is 34.2 Å². The Kier molecular flexibility index (Phi) is 4.08. The van der Waals surface area contributed by atoms with Crippen molar-refractivity contribution in [3.05, 3.63) is 77.5 Å². The van der Waals surface area contributed by atoms with Gasteiger partial charge >= 0.3 is 0 Å². The molecule has 3 aromatic rings. The average Bonchev–Trinajstić information content (AvgIpc) is 3.49. The molecule has 4 heteroatoms. The molecule has 1 N–H and O–H groups in total. The molecular formula is C32H34N2O2. The first kappa shape index (κ1) is 21.3. The van der Waals surface area contributed by atoms with E-state index in [0.29, 0.717) is 12.2 Å². The second-order valence-electron chi connectivity index (χ2n) is 12.2. The summed E-state index contributed by atoms with van der Waals surface area (Å²) < 4.78 is 5.50. The van der Waals surface area contributed by atoms with Gasteiger partial charge in [0.15, 0.2) is 0 Å². The largest absolute Gasteiger partial charge is 0.497 e. The Labute approximate surface area is 212 Å². The normalized spacial score (nSPS) is 38.5. The van der Waals surface area contributed by atoms with Crippen LogP contribution in [0.15, 0.2) is 60.7 Å². The molecule has 36 heavy (non-hydrogen) atoms. The summed E-state index contributed by atoms with van der Waals surface area (Å²) in [6, 6.07) is 17.8. The molecule has 3 heterocycles. The van der Waals surface area contributed by atoms with Crippen LogP contribution in [-0.2, 0) is 16.6 Å². The quantitative estimate of drug-likeness (QED) is 0.451. The number of carbonyl (C=O) groups excluding carboxylic acids is 1. The molecular weight excluding hydrogens is 444 g/mol. The lowest BCUT2D eigenvalue weighted by Gasteiger charge is -2.54. The van der Waals surface area contributed by atoms with Crippen LogP contribution in [0.4, 0.5) is 0 Å². The Morgan fingerprint density at radius 2 is 1.83 bits per heavy atom. The monoisotopic (exact) mass is 478 g/mol. The number of para-hydroxylation sites is 1. The first-order valence-corrected chi connectivity index (χ1v) is 13.8. The SMILES string of the molecule is COc1ccc([C@]23C=C[C@@]4(CCCC[C@]24C)[C@@H]2[C@H]3C(=O)C[C@H]3c4[nH]c5ccccc5c4CCN23)cc1. The van der Waals surface area contributed by atoms with Crippen LogP contribution in [0, 0.1) is 16.7 Å². The van der Waals surface area contributed by atoms with Crippen molar-refractivity contribution in [3.8, 4) is 5.75 Å². The number of aromatic nitrogens is 1. The van der Waals surface area contributed by atoms with Gasteiger partial charge in [0.25, 0.3) is 0 Å². The molecule has 1 saturated heterocycles. The summed E-state index contributed by atoms with van der Waals surface area (Å²) in [5.41, 5.74) is 5.10. The minimum atomic E-state index is -0.243. The van der Waals surface area contributed by atoms with Crippen molar-refractivity contribution in [2.75, 3.05) is 13.7 Å². The fraction of sp³-hybridized carbons (Fsp3) is 0.469. The predicted octanol–water partition coefficient (Wildman–Crippen LogP) is 6.12. The zero-order valence-electron chi connectivity index (χ0n) is 21.2. The summed E-state index contributed by atoms with van der Waals surface area (Å²) in [6.07, 6.45) is 11.6. The molecule has 2 saturated carbocycles. The highest BCUT2D eigenvalue weighted by atomic mass is 16.5. The van der Waals surface area contributed by atoms with Crippen molar-refractivity contribution in [3.63, 3.8) is 0 Å². The minimum absolute atomic E-state index is 0.0150. The number of methoxy groups -OCH3 is 1. The summed E-state index contributed by atoms with van der Waals surface area (Å²) in [5, 5.41) is 1.34. The maximum atomic E-state index is 14.4. The highest BCUT2D eigenvalue weighted by Crippen LogP contribution is 2.78. The van der Waals surface area contributed by atoms with Gasteiger partial charge in [-0.05, 0) is 54.0 Å². The number of hydrogen-bond donors (Lipinski definition) is 1.